The van der Waals surface area contributed by atoms with Gasteiger partial charge in [-0.25, -0.2) is 4.52 Å². The van der Waals surface area contributed by atoms with Gasteiger partial charge in [-0.3, -0.25) is 4.79 Å². The molecular weight excluding hydrogens is 340 g/mol. The molecule has 0 N–H and O–H groups in total. The number of hydrogen-bond acceptors (Lipinski definition) is 5. The fraction of sp³-hybridized carbons (Fsp3) is 0.238. The van der Waals surface area contributed by atoms with E-state index >= 15 is 0 Å². The maximum atomic E-state index is 12.2. The number of aromatic nitrogens is 4. The lowest BCUT2D eigenvalue weighted by atomic mass is 9.97. The van der Waals surface area contributed by atoms with Gasteiger partial charge < -0.3 is 4.74 Å². The number of Topliss-reactive ketones (excluding diaryl/α,β-unsaturated/α-hetero) is 1. The summed E-state index contributed by atoms with van der Waals surface area (Å²) < 4.78 is 7.20. The molecule has 0 saturated carbocycles. The Kier molecular flexibility index (Phi) is 3.72. The van der Waals surface area contributed by atoms with Crippen LogP contribution >= 0.6 is 0 Å². The van der Waals surface area contributed by atoms with E-state index in [9.17, 15) is 4.79 Å². The second-order valence-corrected chi connectivity index (χ2v) is 6.79. The summed E-state index contributed by atoms with van der Waals surface area (Å²) >= 11 is 0. The number of nitrogens with zero attached hydrogens (tertiary/aromatic N) is 4. The fourth-order valence-corrected chi connectivity index (χ4v) is 3.92. The van der Waals surface area contributed by atoms with Gasteiger partial charge in [0.25, 0.3) is 0 Å². The average molecular weight is 358 g/mol. The third kappa shape index (κ3) is 2.44. The van der Waals surface area contributed by atoms with Crippen LogP contribution in [0.5, 0.6) is 0 Å². The molecule has 5 rings (SSSR count). The Morgan fingerprint density at radius 1 is 1.07 bits per heavy atom. The van der Waals surface area contributed by atoms with E-state index in [1.807, 2.05) is 18.2 Å². The molecule has 0 fully saturated rings. The third-order valence-electron chi connectivity index (χ3n) is 5.13. The van der Waals surface area contributed by atoms with Gasteiger partial charge in [0, 0.05) is 13.5 Å². The lowest BCUT2D eigenvalue weighted by molar-refractivity contribution is 0.0964. The molecule has 0 amide bonds. The van der Waals surface area contributed by atoms with E-state index in [2.05, 4.69) is 34.5 Å². The van der Waals surface area contributed by atoms with Gasteiger partial charge in [-0.05, 0) is 29.2 Å². The first kappa shape index (κ1) is 16.1. The number of benzene rings is 2. The van der Waals surface area contributed by atoms with Crippen LogP contribution in [0.2, 0.25) is 0 Å². The van der Waals surface area contributed by atoms with Crippen molar-refractivity contribution in [3.63, 3.8) is 0 Å². The number of hydrogen-bond donors (Lipinski definition) is 0. The number of carbonyl (C=O) groups is 1. The van der Waals surface area contributed by atoms with Crippen LogP contribution in [0.15, 0.2) is 42.5 Å². The minimum absolute atomic E-state index is 0.0427. The summed E-state index contributed by atoms with van der Waals surface area (Å²) in [7, 11) is 1.65. The molecule has 2 heterocycles. The molecular formula is C21H18N4O2. The molecule has 4 aromatic rings. The Labute approximate surface area is 155 Å². The number of ketones is 1. The Bertz CT molecular complexity index is 1190. The summed E-state index contributed by atoms with van der Waals surface area (Å²) in [5.74, 6) is 0.0427. The van der Waals surface area contributed by atoms with E-state index in [-0.39, 0.29) is 5.78 Å². The van der Waals surface area contributed by atoms with Crippen molar-refractivity contribution < 1.29 is 9.53 Å². The molecule has 0 spiro atoms. The van der Waals surface area contributed by atoms with Gasteiger partial charge in [-0.15, -0.1) is 10.2 Å². The van der Waals surface area contributed by atoms with E-state index in [0.29, 0.717) is 24.4 Å². The molecule has 6 heteroatoms. The highest BCUT2D eigenvalue weighted by Gasteiger charge is 2.26. The van der Waals surface area contributed by atoms with Crippen molar-refractivity contribution in [3.8, 4) is 11.1 Å². The highest BCUT2D eigenvalue weighted by molar-refractivity contribution is 6.01. The Balaban J connectivity index is 1.86. The highest BCUT2D eigenvalue weighted by Crippen LogP contribution is 2.35. The molecule has 0 saturated heterocycles. The number of fused-ring (bicyclic) bond motifs is 4. The number of ether oxygens (including phenoxy) is 1. The van der Waals surface area contributed by atoms with Crippen molar-refractivity contribution in [3.05, 3.63) is 59.5 Å². The maximum absolute atomic E-state index is 12.2. The van der Waals surface area contributed by atoms with Crippen LogP contribution in [0.3, 0.4) is 0 Å². The minimum Gasteiger partial charge on any atom is -0.378 e. The second kappa shape index (κ2) is 6.25. The minimum atomic E-state index is 0.0427. The van der Waals surface area contributed by atoms with E-state index in [4.69, 9.17) is 9.84 Å². The number of methoxy groups -OCH3 is 1. The van der Waals surface area contributed by atoms with Crippen LogP contribution in [0.25, 0.3) is 27.5 Å². The molecule has 2 aromatic heterocycles. The summed E-state index contributed by atoms with van der Waals surface area (Å²) in [5, 5.41) is 15.7. The van der Waals surface area contributed by atoms with Crippen LogP contribution in [0.4, 0.5) is 0 Å². The van der Waals surface area contributed by atoms with Gasteiger partial charge in [-0.2, -0.15) is 5.10 Å². The first-order valence-corrected chi connectivity index (χ1v) is 9.05. The summed E-state index contributed by atoms with van der Waals surface area (Å²) in [6, 6.07) is 14.4. The Morgan fingerprint density at radius 3 is 2.81 bits per heavy atom. The molecule has 2 aromatic carbocycles. The maximum Gasteiger partial charge on any atom is 0.185 e. The number of rotatable bonds is 3. The first-order valence-electron chi connectivity index (χ1n) is 9.05. The summed E-state index contributed by atoms with van der Waals surface area (Å²) in [5.41, 5.74) is 4.74. The van der Waals surface area contributed by atoms with Gasteiger partial charge in [0.05, 0.1) is 23.6 Å². The van der Waals surface area contributed by atoms with Crippen LogP contribution in [0.1, 0.15) is 34.7 Å². The van der Waals surface area contributed by atoms with Gasteiger partial charge >= 0.3 is 0 Å². The lowest BCUT2D eigenvalue weighted by Crippen LogP contribution is -2.18. The molecule has 0 bridgehead atoms. The van der Waals surface area contributed by atoms with Gasteiger partial charge in [0.1, 0.15) is 0 Å². The standard InChI is InChI=1S/C21H18N4O2/c1-27-12-16-19(15-9-4-7-13-6-2-3-8-14(13)15)21-23-22-20-17(25(21)24-16)10-5-11-18(20)26/h2-4,6-9H,5,10-12H2,1H3. The average Bonchev–Trinajstić information content (AvgIpc) is 3.06. The molecule has 27 heavy (non-hydrogen) atoms. The van der Waals surface area contributed by atoms with Crippen LogP contribution in [-0.4, -0.2) is 32.7 Å². The predicted octanol–water partition coefficient (Wildman–Crippen LogP) is 3.61. The normalized spacial score (nSPS) is 14.0. The van der Waals surface area contributed by atoms with Crippen LogP contribution in [0, 0.1) is 0 Å². The molecule has 0 radical (unpaired) electrons. The van der Waals surface area contributed by atoms with Crippen molar-refractivity contribution in [2.45, 2.75) is 25.9 Å². The smallest absolute Gasteiger partial charge is 0.185 e. The summed E-state index contributed by atoms with van der Waals surface area (Å²) in [6.45, 7) is 0.366. The molecule has 134 valence electrons. The second-order valence-electron chi connectivity index (χ2n) is 6.79. The molecule has 0 aliphatic heterocycles. The van der Waals surface area contributed by atoms with Crippen molar-refractivity contribution >= 4 is 22.2 Å². The molecule has 0 atom stereocenters. The SMILES string of the molecule is COCc1nn2c3c(nnc2c1-c1cccc2ccccc12)C(=O)CCC3. The lowest BCUT2D eigenvalue weighted by Gasteiger charge is -2.13. The summed E-state index contributed by atoms with van der Waals surface area (Å²) in [6.07, 6.45) is 2.11. The van der Waals surface area contributed by atoms with Gasteiger partial charge in [-0.1, -0.05) is 42.5 Å². The van der Waals surface area contributed by atoms with Crippen LogP contribution < -0.4 is 0 Å². The van der Waals surface area contributed by atoms with Gasteiger partial charge in [0.2, 0.25) is 0 Å². The van der Waals surface area contributed by atoms with Crippen molar-refractivity contribution in [2.24, 2.45) is 0 Å². The van der Waals surface area contributed by atoms with Crippen LogP contribution in [-0.2, 0) is 17.8 Å². The zero-order valence-electron chi connectivity index (χ0n) is 15.0. The fourth-order valence-electron chi connectivity index (χ4n) is 3.92. The number of carbonyl (C=O) groups excluding carboxylic acids is 1. The monoisotopic (exact) mass is 358 g/mol. The predicted molar refractivity (Wildman–Crippen MR) is 102 cm³/mol. The summed E-state index contributed by atoms with van der Waals surface area (Å²) in [4.78, 5) is 12.2. The van der Waals surface area contributed by atoms with E-state index in [0.717, 1.165) is 46.1 Å². The van der Waals surface area contributed by atoms with E-state index in [1.165, 1.54) is 0 Å². The quantitative estimate of drug-likeness (QED) is 0.559. The molecule has 1 aliphatic rings. The van der Waals surface area contributed by atoms with Crippen molar-refractivity contribution in [1.82, 2.24) is 19.8 Å². The Hall–Kier alpha value is -3.12. The van der Waals surface area contributed by atoms with E-state index < -0.39 is 0 Å². The third-order valence-corrected chi connectivity index (χ3v) is 5.13. The van der Waals surface area contributed by atoms with E-state index in [1.54, 1.807) is 11.6 Å². The zero-order chi connectivity index (χ0) is 18.4. The van der Waals surface area contributed by atoms with Crippen molar-refractivity contribution in [2.75, 3.05) is 7.11 Å². The molecule has 1 aliphatic carbocycles. The largest absolute Gasteiger partial charge is 0.378 e. The van der Waals surface area contributed by atoms with Crippen molar-refractivity contribution in [1.29, 1.82) is 0 Å². The number of aryl methyl sites for hydroxylation is 1. The molecule has 6 nitrogen and oxygen atoms in total. The Morgan fingerprint density at radius 2 is 1.93 bits per heavy atom. The molecule has 0 unspecified atom stereocenters. The highest BCUT2D eigenvalue weighted by atomic mass is 16.5. The zero-order valence-corrected chi connectivity index (χ0v) is 15.0. The van der Waals surface area contributed by atoms with Gasteiger partial charge in [0.15, 0.2) is 17.1 Å². The topological polar surface area (TPSA) is 69.4 Å². The first-order chi connectivity index (χ1) is 13.3.